The molecular formula is C11H16N4. The van der Waals surface area contributed by atoms with Gasteiger partial charge < -0.3 is 5.73 Å². The Morgan fingerprint density at radius 1 is 1.47 bits per heavy atom. The molecular weight excluding hydrogens is 188 g/mol. The molecule has 0 unspecified atom stereocenters. The Kier molecular flexibility index (Phi) is 2.58. The molecule has 2 aromatic rings. The predicted molar refractivity (Wildman–Crippen MR) is 61.7 cm³/mol. The number of benzene rings is 1. The van der Waals surface area contributed by atoms with E-state index in [1.165, 1.54) is 12.0 Å². The number of aryl methyl sites for hydroxylation is 2. The maximum absolute atomic E-state index is 6.07. The molecule has 0 aliphatic rings. The Bertz CT molecular complexity index is 473. The SMILES string of the molecule is CCCCc1cc2[nH]nnc2c(C)c1N. The molecule has 1 heterocycles. The minimum atomic E-state index is 0.866. The fourth-order valence-electron chi connectivity index (χ4n) is 1.81. The van der Waals surface area contributed by atoms with E-state index in [4.69, 9.17) is 5.73 Å². The number of rotatable bonds is 3. The average Bonchev–Trinajstić information content (AvgIpc) is 2.69. The lowest BCUT2D eigenvalue weighted by Gasteiger charge is -2.08. The summed E-state index contributed by atoms with van der Waals surface area (Å²) in [6, 6.07) is 2.06. The first-order chi connectivity index (χ1) is 7.24. The summed E-state index contributed by atoms with van der Waals surface area (Å²) in [5.41, 5.74) is 11.0. The number of nitrogens with zero attached hydrogens (tertiary/aromatic N) is 2. The Hall–Kier alpha value is -1.58. The topological polar surface area (TPSA) is 67.6 Å². The van der Waals surface area contributed by atoms with Crippen molar-refractivity contribution >= 4 is 16.7 Å². The number of hydrogen-bond acceptors (Lipinski definition) is 3. The van der Waals surface area contributed by atoms with Crippen LogP contribution in [0.25, 0.3) is 11.0 Å². The standard InChI is InChI=1S/C11H16N4/c1-3-4-5-8-6-9-11(14-15-13-9)7(2)10(8)12/h6H,3-5,12H2,1-2H3,(H,13,14,15). The first kappa shape index (κ1) is 9.96. The zero-order valence-corrected chi connectivity index (χ0v) is 9.17. The van der Waals surface area contributed by atoms with Crippen molar-refractivity contribution in [2.45, 2.75) is 33.1 Å². The second-order valence-corrected chi connectivity index (χ2v) is 3.89. The van der Waals surface area contributed by atoms with Crippen LogP contribution in [0.15, 0.2) is 6.07 Å². The maximum Gasteiger partial charge on any atom is 0.117 e. The quantitative estimate of drug-likeness (QED) is 0.753. The van der Waals surface area contributed by atoms with Gasteiger partial charge in [-0.25, -0.2) is 0 Å². The zero-order chi connectivity index (χ0) is 10.8. The third-order valence-electron chi connectivity index (χ3n) is 2.80. The molecule has 0 spiro atoms. The monoisotopic (exact) mass is 204 g/mol. The summed E-state index contributed by atoms with van der Waals surface area (Å²) in [7, 11) is 0. The second kappa shape index (κ2) is 3.88. The number of fused-ring (bicyclic) bond motifs is 1. The molecule has 80 valence electrons. The number of nitrogen functional groups attached to an aromatic ring is 1. The van der Waals surface area contributed by atoms with Crippen LogP contribution in [0.3, 0.4) is 0 Å². The summed E-state index contributed by atoms with van der Waals surface area (Å²) in [4.78, 5) is 0. The number of H-pyrrole nitrogens is 1. The van der Waals surface area contributed by atoms with Gasteiger partial charge in [-0.15, -0.1) is 5.10 Å². The van der Waals surface area contributed by atoms with Crippen molar-refractivity contribution in [2.24, 2.45) is 0 Å². The fourth-order valence-corrected chi connectivity index (χ4v) is 1.81. The summed E-state index contributed by atoms with van der Waals surface area (Å²) in [6.07, 6.45) is 3.37. The highest BCUT2D eigenvalue weighted by Crippen LogP contribution is 2.25. The van der Waals surface area contributed by atoms with Crippen molar-refractivity contribution in [2.75, 3.05) is 5.73 Å². The second-order valence-electron chi connectivity index (χ2n) is 3.89. The van der Waals surface area contributed by atoms with E-state index in [0.717, 1.165) is 35.1 Å². The first-order valence-corrected chi connectivity index (χ1v) is 5.32. The third kappa shape index (κ3) is 1.67. The Morgan fingerprint density at radius 3 is 3.00 bits per heavy atom. The highest BCUT2D eigenvalue weighted by atomic mass is 15.3. The number of aromatic nitrogens is 3. The largest absolute Gasteiger partial charge is 0.398 e. The predicted octanol–water partition coefficient (Wildman–Crippen LogP) is 2.19. The van der Waals surface area contributed by atoms with E-state index in [1.54, 1.807) is 0 Å². The van der Waals surface area contributed by atoms with Crippen LogP contribution in [0.5, 0.6) is 0 Å². The minimum absolute atomic E-state index is 0.866. The molecule has 0 fully saturated rings. The number of hydrogen-bond donors (Lipinski definition) is 2. The number of unbranched alkanes of at least 4 members (excludes halogenated alkanes) is 1. The van der Waals surface area contributed by atoms with Crippen LogP contribution >= 0.6 is 0 Å². The van der Waals surface area contributed by atoms with Gasteiger partial charge in [0, 0.05) is 11.3 Å². The molecule has 0 amide bonds. The van der Waals surface area contributed by atoms with E-state index in [9.17, 15) is 0 Å². The van der Waals surface area contributed by atoms with Crippen LogP contribution in [-0.2, 0) is 6.42 Å². The van der Waals surface area contributed by atoms with Crippen molar-refractivity contribution in [3.05, 3.63) is 17.2 Å². The van der Waals surface area contributed by atoms with Crippen LogP contribution in [-0.4, -0.2) is 15.4 Å². The van der Waals surface area contributed by atoms with E-state index in [2.05, 4.69) is 28.4 Å². The van der Waals surface area contributed by atoms with Gasteiger partial charge in [0.1, 0.15) is 5.52 Å². The van der Waals surface area contributed by atoms with Crippen LogP contribution in [0.2, 0.25) is 0 Å². The van der Waals surface area contributed by atoms with E-state index in [0.29, 0.717) is 0 Å². The molecule has 0 saturated carbocycles. The van der Waals surface area contributed by atoms with Crippen LogP contribution < -0.4 is 5.73 Å². The minimum Gasteiger partial charge on any atom is -0.398 e. The summed E-state index contributed by atoms with van der Waals surface area (Å²) >= 11 is 0. The average molecular weight is 204 g/mol. The van der Waals surface area contributed by atoms with Crippen molar-refractivity contribution in [1.29, 1.82) is 0 Å². The third-order valence-corrected chi connectivity index (χ3v) is 2.80. The Labute approximate surface area is 88.9 Å². The fraction of sp³-hybridized carbons (Fsp3) is 0.455. The molecule has 0 atom stereocenters. The van der Waals surface area contributed by atoms with Gasteiger partial charge in [-0.2, -0.15) is 0 Å². The van der Waals surface area contributed by atoms with Crippen LogP contribution in [0.1, 0.15) is 30.9 Å². The molecule has 0 aliphatic carbocycles. The highest BCUT2D eigenvalue weighted by Gasteiger charge is 2.09. The van der Waals surface area contributed by atoms with Gasteiger partial charge in [0.05, 0.1) is 5.52 Å². The van der Waals surface area contributed by atoms with Gasteiger partial charge in [-0.3, -0.25) is 5.10 Å². The highest BCUT2D eigenvalue weighted by molar-refractivity contribution is 5.84. The van der Waals surface area contributed by atoms with Gasteiger partial charge in [0.15, 0.2) is 0 Å². The molecule has 4 heteroatoms. The molecule has 2 rings (SSSR count). The molecule has 1 aromatic carbocycles. The summed E-state index contributed by atoms with van der Waals surface area (Å²) in [5, 5.41) is 10.7. The van der Waals surface area contributed by atoms with Crippen molar-refractivity contribution in [3.8, 4) is 0 Å². The summed E-state index contributed by atoms with van der Waals surface area (Å²) < 4.78 is 0. The molecule has 0 aliphatic heterocycles. The first-order valence-electron chi connectivity index (χ1n) is 5.32. The van der Waals surface area contributed by atoms with Crippen LogP contribution in [0.4, 0.5) is 5.69 Å². The molecule has 0 bridgehead atoms. The molecule has 0 radical (unpaired) electrons. The number of nitrogens with one attached hydrogen (secondary N) is 1. The van der Waals surface area contributed by atoms with Gasteiger partial charge >= 0.3 is 0 Å². The van der Waals surface area contributed by atoms with E-state index in [-0.39, 0.29) is 0 Å². The zero-order valence-electron chi connectivity index (χ0n) is 9.17. The molecule has 4 nitrogen and oxygen atoms in total. The summed E-state index contributed by atoms with van der Waals surface area (Å²) in [6.45, 7) is 4.18. The molecule has 3 N–H and O–H groups in total. The van der Waals surface area contributed by atoms with E-state index < -0.39 is 0 Å². The Morgan fingerprint density at radius 2 is 2.27 bits per heavy atom. The lowest BCUT2D eigenvalue weighted by molar-refractivity contribution is 0.796. The van der Waals surface area contributed by atoms with Gasteiger partial charge in [0.25, 0.3) is 0 Å². The smallest absolute Gasteiger partial charge is 0.117 e. The Balaban J connectivity index is 2.50. The molecule has 0 saturated heterocycles. The normalized spacial score (nSPS) is 11.1. The lowest BCUT2D eigenvalue weighted by Crippen LogP contribution is -1.98. The van der Waals surface area contributed by atoms with Gasteiger partial charge in [-0.05, 0) is 31.4 Å². The van der Waals surface area contributed by atoms with Crippen LogP contribution in [0, 0.1) is 6.92 Å². The van der Waals surface area contributed by atoms with Crippen molar-refractivity contribution in [1.82, 2.24) is 15.4 Å². The number of anilines is 1. The van der Waals surface area contributed by atoms with Crippen molar-refractivity contribution < 1.29 is 0 Å². The number of nitrogens with two attached hydrogens (primary N) is 1. The molecule has 1 aromatic heterocycles. The van der Waals surface area contributed by atoms with Gasteiger partial charge in [0.2, 0.25) is 0 Å². The molecule has 15 heavy (non-hydrogen) atoms. The lowest BCUT2D eigenvalue weighted by atomic mass is 10.0. The van der Waals surface area contributed by atoms with E-state index >= 15 is 0 Å². The van der Waals surface area contributed by atoms with E-state index in [1.807, 2.05) is 6.92 Å². The maximum atomic E-state index is 6.07. The van der Waals surface area contributed by atoms with Gasteiger partial charge in [-0.1, -0.05) is 18.6 Å². The number of aromatic amines is 1. The van der Waals surface area contributed by atoms with Crippen molar-refractivity contribution in [3.63, 3.8) is 0 Å². The summed E-state index contributed by atoms with van der Waals surface area (Å²) in [5.74, 6) is 0.